The molecule has 0 saturated heterocycles. The van der Waals surface area contributed by atoms with Crippen LogP contribution in [0.25, 0.3) is 10.6 Å². The van der Waals surface area contributed by atoms with Gasteiger partial charge in [-0.25, -0.2) is 9.78 Å². The van der Waals surface area contributed by atoms with Gasteiger partial charge in [0.1, 0.15) is 15.6 Å². The van der Waals surface area contributed by atoms with Gasteiger partial charge in [0.2, 0.25) is 5.91 Å². The van der Waals surface area contributed by atoms with Gasteiger partial charge in [-0.2, -0.15) is 0 Å². The fourth-order valence-corrected chi connectivity index (χ4v) is 3.21. The van der Waals surface area contributed by atoms with Crippen LogP contribution < -0.4 is 15.4 Å². The monoisotopic (exact) mass is 405 g/mol. The molecule has 2 amide bonds. The first-order valence-corrected chi connectivity index (χ1v) is 9.46. The second-order valence-corrected chi connectivity index (χ2v) is 7.24. The standard InChI is InChI=1S/C19H23N3O5S/c1-11(2)21-15(23)9-20-16(24)10-27-19(25)17-12(3)22-18(28-17)13-5-7-14(26-4)8-6-13/h5-8,11H,9-10H2,1-4H3,(H,20,24)(H,21,23). The number of nitrogens with one attached hydrogen (secondary N) is 2. The zero-order valence-electron chi connectivity index (χ0n) is 16.2. The third-order valence-electron chi connectivity index (χ3n) is 3.55. The first-order chi connectivity index (χ1) is 13.3. The quantitative estimate of drug-likeness (QED) is 0.650. The number of hydrogen-bond donors (Lipinski definition) is 2. The number of benzene rings is 1. The molecule has 0 radical (unpaired) electrons. The van der Waals surface area contributed by atoms with Gasteiger partial charge in [0.25, 0.3) is 5.91 Å². The Kier molecular flexibility index (Phi) is 7.51. The molecule has 0 aliphatic rings. The lowest BCUT2D eigenvalue weighted by Crippen LogP contribution is -2.41. The molecule has 0 saturated carbocycles. The minimum absolute atomic E-state index is 0.0172. The smallest absolute Gasteiger partial charge is 0.350 e. The topological polar surface area (TPSA) is 107 Å². The maximum atomic E-state index is 12.3. The van der Waals surface area contributed by atoms with E-state index in [0.717, 1.165) is 11.3 Å². The Balaban J connectivity index is 1.91. The summed E-state index contributed by atoms with van der Waals surface area (Å²) >= 11 is 1.19. The summed E-state index contributed by atoms with van der Waals surface area (Å²) in [5.41, 5.74) is 1.37. The Morgan fingerprint density at radius 2 is 1.82 bits per heavy atom. The van der Waals surface area contributed by atoms with E-state index in [0.29, 0.717) is 15.6 Å². The van der Waals surface area contributed by atoms with Crippen LogP contribution in [-0.4, -0.2) is 49.1 Å². The highest BCUT2D eigenvalue weighted by Gasteiger charge is 2.19. The summed E-state index contributed by atoms with van der Waals surface area (Å²) in [6.45, 7) is 4.70. The number of rotatable bonds is 8. The number of aryl methyl sites for hydroxylation is 1. The highest BCUT2D eigenvalue weighted by atomic mass is 32.1. The van der Waals surface area contributed by atoms with E-state index >= 15 is 0 Å². The van der Waals surface area contributed by atoms with Crippen molar-refractivity contribution in [1.82, 2.24) is 15.6 Å². The highest BCUT2D eigenvalue weighted by Crippen LogP contribution is 2.29. The third kappa shape index (κ3) is 6.05. The highest BCUT2D eigenvalue weighted by molar-refractivity contribution is 7.17. The van der Waals surface area contributed by atoms with Crippen LogP contribution in [0.3, 0.4) is 0 Å². The van der Waals surface area contributed by atoms with Crippen molar-refractivity contribution < 1.29 is 23.9 Å². The van der Waals surface area contributed by atoms with E-state index in [1.165, 1.54) is 11.3 Å². The number of hydrogen-bond acceptors (Lipinski definition) is 7. The van der Waals surface area contributed by atoms with Crippen molar-refractivity contribution in [2.75, 3.05) is 20.3 Å². The van der Waals surface area contributed by atoms with Gasteiger partial charge in [-0.3, -0.25) is 9.59 Å². The first kappa shape index (κ1) is 21.4. The summed E-state index contributed by atoms with van der Waals surface area (Å²) in [6.07, 6.45) is 0. The molecule has 0 spiro atoms. The number of aromatic nitrogens is 1. The number of thiazole rings is 1. The summed E-state index contributed by atoms with van der Waals surface area (Å²) < 4.78 is 10.2. The van der Waals surface area contributed by atoms with Crippen molar-refractivity contribution in [3.63, 3.8) is 0 Å². The number of nitrogens with zero attached hydrogens (tertiary/aromatic N) is 1. The van der Waals surface area contributed by atoms with E-state index in [4.69, 9.17) is 9.47 Å². The van der Waals surface area contributed by atoms with Crippen molar-refractivity contribution in [2.45, 2.75) is 26.8 Å². The largest absolute Gasteiger partial charge is 0.497 e. The molecular formula is C19H23N3O5S. The summed E-state index contributed by atoms with van der Waals surface area (Å²) in [5, 5.41) is 5.71. The molecule has 1 heterocycles. The lowest BCUT2D eigenvalue weighted by molar-refractivity contribution is -0.128. The van der Waals surface area contributed by atoms with Crippen molar-refractivity contribution in [2.24, 2.45) is 0 Å². The molecular weight excluding hydrogens is 382 g/mol. The molecule has 2 N–H and O–H groups in total. The van der Waals surface area contributed by atoms with Crippen LogP contribution in [0.5, 0.6) is 5.75 Å². The number of esters is 1. The van der Waals surface area contributed by atoms with Crippen LogP contribution in [0.1, 0.15) is 29.2 Å². The SMILES string of the molecule is COc1ccc(-c2nc(C)c(C(=O)OCC(=O)NCC(=O)NC(C)C)s2)cc1. The summed E-state index contributed by atoms with van der Waals surface area (Å²) in [6, 6.07) is 7.30. The van der Waals surface area contributed by atoms with Gasteiger partial charge >= 0.3 is 5.97 Å². The van der Waals surface area contributed by atoms with E-state index in [-0.39, 0.29) is 18.5 Å². The lowest BCUT2D eigenvalue weighted by Gasteiger charge is -2.09. The second-order valence-electron chi connectivity index (χ2n) is 6.24. The minimum atomic E-state index is -0.628. The fraction of sp³-hybridized carbons (Fsp3) is 0.368. The fourth-order valence-electron chi connectivity index (χ4n) is 2.24. The molecule has 28 heavy (non-hydrogen) atoms. The first-order valence-electron chi connectivity index (χ1n) is 8.65. The average molecular weight is 405 g/mol. The molecule has 150 valence electrons. The van der Waals surface area contributed by atoms with Crippen molar-refractivity contribution in [3.05, 3.63) is 34.8 Å². The van der Waals surface area contributed by atoms with Crippen LogP contribution >= 0.6 is 11.3 Å². The van der Waals surface area contributed by atoms with Crippen molar-refractivity contribution >= 4 is 29.1 Å². The molecule has 0 unspecified atom stereocenters. The van der Waals surface area contributed by atoms with Crippen LogP contribution in [0.4, 0.5) is 0 Å². The van der Waals surface area contributed by atoms with E-state index < -0.39 is 18.5 Å². The van der Waals surface area contributed by atoms with E-state index in [2.05, 4.69) is 15.6 Å². The molecule has 9 heteroatoms. The number of ether oxygens (including phenoxy) is 2. The van der Waals surface area contributed by atoms with Gasteiger partial charge in [-0.05, 0) is 45.0 Å². The second kappa shape index (κ2) is 9.84. The number of amides is 2. The van der Waals surface area contributed by atoms with Gasteiger partial charge in [0.05, 0.1) is 19.3 Å². The van der Waals surface area contributed by atoms with E-state index in [1.54, 1.807) is 14.0 Å². The van der Waals surface area contributed by atoms with Crippen LogP contribution in [0.2, 0.25) is 0 Å². The summed E-state index contributed by atoms with van der Waals surface area (Å²) in [4.78, 5) is 40.2. The van der Waals surface area contributed by atoms with Crippen LogP contribution in [0, 0.1) is 6.92 Å². The van der Waals surface area contributed by atoms with E-state index in [1.807, 2.05) is 38.1 Å². The predicted octanol–water partition coefficient (Wildman–Crippen LogP) is 1.92. The zero-order valence-corrected chi connectivity index (χ0v) is 17.0. The molecule has 0 bridgehead atoms. The average Bonchev–Trinajstić information content (AvgIpc) is 3.05. The Hall–Kier alpha value is -2.94. The van der Waals surface area contributed by atoms with Crippen molar-refractivity contribution in [1.29, 1.82) is 0 Å². The molecule has 0 aliphatic heterocycles. The molecule has 0 fully saturated rings. The van der Waals surface area contributed by atoms with Gasteiger partial charge in [-0.15, -0.1) is 11.3 Å². The maximum absolute atomic E-state index is 12.3. The number of carbonyl (C=O) groups excluding carboxylic acids is 3. The van der Waals surface area contributed by atoms with Crippen LogP contribution in [-0.2, 0) is 14.3 Å². The predicted molar refractivity (Wildman–Crippen MR) is 105 cm³/mol. The minimum Gasteiger partial charge on any atom is -0.497 e. The van der Waals surface area contributed by atoms with E-state index in [9.17, 15) is 14.4 Å². The normalized spacial score (nSPS) is 10.5. The van der Waals surface area contributed by atoms with Crippen molar-refractivity contribution in [3.8, 4) is 16.3 Å². The Morgan fingerprint density at radius 1 is 1.14 bits per heavy atom. The Labute approximate surface area is 167 Å². The number of methoxy groups -OCH3 is 1. The maximum Gasteiger partial charge on any atom is 0.350 e. The molecule has 0 atom stereocenters. The Morgan fingerprint density at radius 3 is 2.43 bits per heavy atom. The molecule has 1 aromatic carbocycles. The molecule has 2 rings (SSSR count). The molecule has 0 aliphatic carbocycles. The number of carbonyl (C=O) groups is 3. The van der Waals surface area contributed by atoms with Gasteiger partial charge in [0, 0.05) is 11.6 Å². The summed E-state index contributed by atoms with van der Waals surface area (Å²) in [7, 11) is 1.59. The molecule has 8 nitrogen and oxygen atoms in total. The Bertz CT molecular complexity index is 846. The zero-order chi connectivity index (χ0) is 20.7. The van der Waals surface area contributed by atoms with Crippen LogP contribution in [0.15, 0.2) is 24.3 Å². The lowest BCUT2D eigenvalue weighted by atomic mass is 10.2. The van der Waals surface area contributed by atoms with Gasteiger partial charge < -0.3 is 20.1 Å². The van der Waals surface area contributed by atoms with Gasteiger partial charge in [-0.1, -0.05) is 0 Å². The van der Waals surface area contributed by atoms with Gasteiger partial charge in [0.15, 0.2) is 6.61 Å². The third-order valence-corrected chi connectivity index (χ3v) is 4.74. The summed E-state index contributed by atoms with van der Waals surface area (Å²) in [5.74, 6) is -0.761. The molecule has 2 aromatic rings. The molecule has 1 aromatic heterocycles.